The fraction of sp³-hybridized carbons (Fsp3) is 0.533. The Morgan fingerprint density at radius 2 is 2.30 bits per heavy atom. The van der Waals surface area contributed by atoms with Crippen molar-refractivity contribution < 1.29 is 13.9 Å². The van der Waals surface area contributed by atoms with Crippen LogP contribution in [0.25, 0.3) is 0 Å². The zero-order chi connectivity index (χ0) is 14.5. The van der Waals surface area contributed by atoms with Gasteiger partial charge in [0.1, 0.15) is 0 Å². The fourth-order valence-corrected chi connectivity index (χ4v) is 2.38. The predicted octanol–water partition coefficient (Wildman–Crippen LogP) is 1.95. The van der Waals surface area contributed by atoms with Crippen LogP contribution in [0.2, 0.25) is 0 Å². The number of halogens is 1. The van der Waals surface area contributed by atoms with Crippen LogP contribution in [-0.4, -0.2) is 32.1 Å². The van der Waals surface area contributed by atoms with E-state index in [-0.39, 0.29) is 11.7 Å². The summed E-state index contributed by atoms with van der Waals surface area (Å²) in [6.45, 7) is 3.69. The minimum Gasteiger partial charge on any atom is -0.494 e. The number of hydrogen-bond donors (Lipinski definition) is 2. The molecule has 1 aliphatic rings. The smallest absolute Gasteiger partial charge is 0.251 e. The number of carbonyl (C=O) groups excluding carboxylic acids is 1. The van der Waals surface area contributed by atoms with Crippen LogP contribution in [0.15, 0.2) is 18.2 Å². The number of methoxy groups -OCH3 is 1. The number of ether oxygens (including phenoxy) is 1. The van der Waals surface area contributed by atoms with E-state index in [1.807, 2.05) is 0 Å². The molecular formula is C15H21FN2O2. The van der Waals surface area contributed by atoms with Crippen molar-refractivity contribution in [3.63, 3.8) is 0 Å². The second-order valence-electron chi connectivity index (χ2n) is 5.31. The van der Waals surface area contributed by atoms with E-state index in [4.69, 9.17) is 4.74 Å². The average Bonchev–Trinajstić information content (AvgIpc) is 2.46. The van der Waals surface area contributed by atoms with Gasteiger partial charge < -0.3 is 15.4 Å². The maximum Gasteiger partial charge on any atom is 0.251 e. The molecule has 110 valence electrons. The van der Waals surface area contributed by atoms with Crippen LogP contribution < -0.4 is 15.4 Å². The molecule has 0 spiro atoms. The number of carbonyl (C=O) groups is 1. The topological polar surface area (TPSA) is 50.4 Å². The minimum atomic E-state index is -0.520. The zero-order valence-electron chi connectivity index (χ0n) is 11.9. The van der Waals surface area contributed by atoms with Crippen molar-refractivity contribution in [1.82, 2.24) is 10.6 Å². The number of piperidine rings is 1. The number of benzene rings is 1. The first-order valence-corrected chi connectivity index (χ1v) is 6.95. The Morgan fingerprint density at radius 1 is 1.50 bits per heavy atom. The van der Waals surface area contributed by atoms with Crippen LogP contribution in [0.5, 0.6) is 5.75 Å². The van der Waals surface area contributed by atoms with E-state index in [2.05, 4.69) is 17.6 Å². The van der Waals surface area contributed by atoms with Crippen molar-refractivity contribution in [3.8, 4) is 5.75 Å². The van der Waals surface area contributed by atoms with Crippen molar-refractivity contribution in [1.29, 1.82) is 0 Å². The van der Waals surface area contributed by atoms with Crippen molar-refractivity contribution in [2.75, 3.05) is 20.2 Å². The highest BCUT2D eigenvalue weighted by Gasteiger charge is 2.18. The van der Waals surface area contributed by atoms with Gasteiger partial charge in [-0.2, -0.15) is 0 Å². The molecule has 2 rings (SSSR count). The molecule has 0 saturated carbocycles. The molecule has 0 aliphatic carbocycles. The van der Waals surface area contributed by atoms with Gasteiger partial charge in [0.2, 0.25) is 0 Å². The number of rotatable bonds is 4. The first kappa shape index (κ1) is 14.8. The van der Waals surface area contributed by atoms with E-state index in [0.29, 0.717) is 24.1 Å². The first-order valence-electron chi connectivity index (χ1n) is 6.95. The number of hydrogen-bond acceptors (Lipinski definition) is 3. The molecule has 1 fully saturated rings. The Hall–Kier alpha value is -1.62. The SMILES string of the molecule is COc1ccc(C(=O)NCC2CCC(C)NC2)cc1F. The Morgan fingerprint density at radius 3 is 2.90 bits per heavy atom. The van der Waals surface area contributed by atoms with E-state index < -0.39 is 5.82 Å². The van der Waals surface area contributed by atoms with Gasteiger partial charge in [-0.3, -0.25) is 4.79 Å². The summed E-state index contributed by atoms with van der Waals surface area (Å²) in [7, 11) is 1.40. The third-order valence-electron chi connectivity index (χ3n) is 3.73. The normalized spacial score (nSPS) is 22.4. The quantitative estimate of drug-likeness (QED) is 0.886. The maximum absolute atomic E-state index is 13.5. The highest BCUT2D eigenvalue weighted by molar-refractivity contribution is 5.94. The second-order valence-corrected chi connectivity index (χ2v) is 5.31. The molecule has 1 saturated heterocycles. The Kier molecular flexibility index (Phi) is 4.95. The van der Waals surface area contributed by atoms with Gasteiger partial charge in [0.05, 0.1) is 7.11 Å². The van der Waals surface area contributed by atoms with Crippen LogP contribution in [-0.2, 0) is 0 Å². The fourth-order valence-electron chi connectivity index (χ4n) is 2.38. The molecule has 1 aromatic rings. The summed E-state index contributed by atoms with van der Waals surface area (Å²) >= 11 is 0. The zero-order valence-corrected chi connectivity index (χ0v) is 11.9. The van der Waals surface area contributed by atoms with E-state index in [1.54, 1.807) is 6.07 Å². The lowest BCUT2D eigenvalue weighted by Gasteiger charge is -2.27. The third kappa shape index (κ3) is 3.70. The van der Waals surface area contributed by atoms with Crippen molar-refractivity contribution >= 4 is 5.91 Å². The van der Waals surface area contributed by atoms with Crippen molar-refractivity contribution in [2.45, 2.75) is 25.8 Å². The summed E-state index contributed by atoms with van der Waals surface area (Å²) in [5.41, 5.74) is 0.320. The lowest BCUT2D eigenvalue weighted by atomic mass is 9.95. The number of nitrogens with one attached hydrogen (secondary N) is 2. The van der Waals surface area contributed by atoms with Gasteiger partial charge in [-0.15, -0.1) is 0 Å². The Labute approximate surface area is 118 Å². The summed E-state index contributed by atoms with van der Waals surface area (Å²) in [6, 6.07) is 4.79. The molecule has 1 aliphatic heterocycles. The lowest BCUT2D eigenvalue weighted by Crippen LogP contribution is -2.41. The largest absolute Gasteiger partial charge is 0.494 e. The maximum atomic E-state index is 13.5. The molecule has 2 atom stereocenters. The van der Waals surface area contributed by atoms with Gasteiger partial charge in [-0.1, -0.05) is 0 Å². The van der Waals surface area contributed by atoms with E-state index in [9.17, 15) is 9.18 Å². The van der Waals surface area contributed by atoms with Crippen LogP contribution in [0.3, 0.4) is 0 Å². The Bertz CT molecular complexity index is 471. The predicted molar refractivity (Wildman–Crippen MR) is 75.5 cm³/mol. The molecular weight excluding hydrogens is 259 g/mol. The molecule has 0 aromatic heterocycles. The van der Waals surface area contributed by atoms with Gasteiger partial charge in [0, 0.05) is 18.2 Å². The standard InChI is InChI=1S/C15H21FN2O2/c1-10-3-4-11(8-17-10)9-18-15(19)12-5-6-14(20-2)13(16)7-12/h5-7,10-11,17H,3-4,8-9H2,1-2H3,(H,18,19). The third-order valence-corrected chi connectivity index (χ3v) is 3.73. The monoisotopic (exact) mass is 280 g/mol. The van der Waals surface area contributed by atoms with Crippen molar-refractivity contribution in [3.05, 3.63) is 29.6 Å². The highest BCUT2D eigenvalue weighted by Crippen LogP contribution is 2.18. The molecule has 1 heterocycles. The van der Waals surface area contributed by atoms with E-state index in [1.165, 1.54) is 19.2 Å². The van der Waals surface area contributed by atoms with Gasteiger partial charge >= 0.3 is 0 Å². The van der Waals surface area contributed by atoms with Crippen molar-refractivity contribution in [2.24, 2.45) is 5.92 Å². The molecule has 5 heteroatoms. The number of amides is 1. The van der Waals surface area contributed by atoms with Crippen LogP contribution in [0, 0.1) is 11.7 Å². The summed E-state index contributed by atoms with van der Waals surface area (Å²) < 4.78 is 18.4. The summed E-state index contributed by atoms with van der Waals surface area (Å²) in [4.78, 5) is 12.0. The molecule has 0 bridgehead atoms. The van der Waals surface area contributed by atoms with Crippen LogP contribution >= 0.6 is 0 Å². The molecule has 4 nitrogen and oxygen atoms in total. The Balaban J connectivity index is 1.87. The van der Waals surface area contributed by atoms with E-state index >= 15 is 0 Å². The molecule has 20 heavy (non-hydrogen) atoms. The average molecular weight is 280 g/mol. The van der Waals surface area contributed by atoms with Crippen LogP contribution in [0.1, 0.15) is 30.1 Å². The van der Waals surface area contributed by atoms with Gasteiger partial charge in [0.25, 0.3) is 5.91 Å². The van der Waals surface area contributed by atoms with Gasteiger partial charge in [0.15, 0.2) is 11.6 Å². The lowest BCUT2D eigenvalue weighted by molar-refractivity contribution is 0.0943. The molecule has 2 N–H and O–H groups in total. The summed E-state index contributed by atoms with van der Waals surface area (Å²) in [6.07, 6.45) is 2.23. The molecule has 2 unspecified atom stereocenters. The summed E-state index contributed by atoms with van der Waals surface area (Å²) in [5.74, 6) is -0.177. The van der Waals surface area contributed by atoms with Gasteiger partial charge in [-0.05, 0) is 50.4 Å². The first-order chi connectivity index (χ1) is 9.60. The minimum absolute atomic E-state index is 0.145. The molecule has 0 radical (unpaired) electrons. The van der Waals surface area contributed by atoms with Gasteiger partial charge in [-0.25, -0.2) is 4.39 Å². The molecule has 1 amide bonds. The second kappa shape index (κ2) is 6.70. The molecule has 1 aromatic carbocycles. The van der Waals surface area contributed by atoms with E-state index in [0.717, 1.165) is 19.4 Å². The highest BCUT2D eigenvalue weighted by atomic mass is 19.1. The van der Waals surface area contributed by atoms with Crippen LogP contribution in [0.4, 0.5) is 4.39 Å². The summed E-state index contributed by atoms with van der Waals surface area (Å²) in [5, 5.41) is 6.25.